The first-order valence-electron chi connectivity index (χ1n) is 8.38. The molecule has 0 atom stereocenters. The molecule has 4 rings (SSSR count). The van der Waals surface area contributed by atoms with Gasteiger partial charge in [0.2, 0.25) is 0 Å². The van der Waals surface area contributed by atoms with Crippen LogP contribution in [0, 0.1) is 5.82 Å². The zero-order valence-electron chi connectivity index (χ0n) is 14.6. The minimum atomic E-state index is -0.307. The van der Waals surface area contributed by atoms with E-state index in [1.54, 1.807) is 42.7 Å². The molecule has 0 aliphatic carbocycles. The zero-order chi connectivity index (χ0) is 18.8. The molecule has 0 bridgehead atoms. The maximum Gasteiger partial charge on any atom is 0.263 e. The molecular weight excluding hydrogens is 367 g/mol. The Morgan fingerprint density at radius 1 is 1.19 bits per heavy atom. The van der Waals surface area contributed by atoms with Crippen LogP contribution in [0.4, 0.5) is 4.39 Å². The van der Waals surface area contributed by atoms with E-state index in [9.17, 15) is 9.18 Å². The Kier molecular flexibility index (Phi) is 4.83. The molecule has 0 radical (unpaired) electrons. The van der Waals surface area contributed by atoms with Gasteiger partial charge >= 0.3 is 0 Å². The molecule has 0 aliphatic rings. The third-order valence-corrected chi connectivity index (χ3v) is 5.27. The molecule has 0 aliphatic heterocycles. The van der Waals surface area contributed by atoms with Crippen molar-refractivity contribution in [3.63, 3.8) is 0 Å². The van der Waals surface area contributed by atoms with Crippen LogP contribution in [0.15, 0.2) is 53.3 Å². The van der Waals surface area contributed by atoms with Gasteiger partial charge in [-0.2, -0.15) is 0 Å². The molecular formula is C19H17FN4O2S. The van der Waals surface area contributed by atoms with Crippen molar-refractivity contribution in [2.45, 2.75) is 13.1 Å². The van der Waals surface area contributed by atoms with Gasteiger partial charge in [0.25, 0.3) is 5.56 Å². The SMILES string of the molecule is COCCn1cncc1Cn1cnc2scc(-c3ccc(F)cc3)c2c1=O. The number of thiophene rings is 1. The van der Waals surface area contributed by atoms with Gasteiger partial charge in [-0.25, -0.2) is 14.4 Å². The number of hydrogen-bond donors (Lipinski definition) is 0. The molecule has 0 amide bonds. The Hall–Kier alpha value is -2.84. The van der Waals surface area contributed by atoms with Gasteiger partial charge in [-0.1, -0.05) is 12.1 Å². The average molecular weight is 384 g/mol. The number of benzene rings is 1. The summed E-state index contributed by atoms with van der Waals surface area (Å²) in [6.07, 6.45) is 5.02. The maximum absolute atomic E-state index is 13.2. The van der Waals surface area contributed by atoms with E-state index in [1.807, 2.05) is 9.95 Å². The molecule has 0 fully saturated rings. The molecule has 27 heavy (non-hydrogen) atoms. The van der Waals surface area contributed by atoms with E-state index in [0.29, 0.717) is 29.9 Å². The number of fused-ring (bicyclic) bond motifs is 1. The monoisotopic (exact) mass is 384 g/mol. The molecule has 0 saturated carbocycles. The highest BCUT2D eigenvalue weighted by atomic mass is 32.1. The second kappa shape index (κ2) is 7.42. The van der Waals surface area contributed by atoms with Crippen LogP contribution in [0.5, 0.6) is 0 Å². The second-order valence-corrected chi connectivity index (χ2v) is 6.94. The zero-order valence-corrected chi connectivity index (χ0v) is 15.4. The Labute approximate surface area is 158 Å². The molecule has 8 heteroatoms. The van der Waals surface area contributed by atoms with E-state index in [-0.39, 0.29) is 11.4 Å². The molecule has 138 valence electrons. The van der Waals surface area contributed by atoms with Crippen LogP contribution in [0.3, 0.4) is 0 Å². The van der Waals surface area contributed by atoms with E-state index in [0.717, 1.165) is 16.8 Å². The summed E-state index contributed by atoms with van der Waals surface area (Å²) in [7, 11) is 1.65. The van der Waals surface area contributed by atoms with Crippen molar-refractivity contribution >= 4 is 21.6 Å². The topological polar surface area (TPSA) is 61.9 Å². The van der Waals surface area contributed by atoms with Crippen molar-refractivity contribution in [1.29, 1.82) is 0 Å². The quantitative estimate of drug-likeness (QED) is 0.512. The highest BCUT2D eigenvalue weighted by Gasteiger charge is 2.14. The summed E-state index contributed by atoms with van der Waals surface area (Å²) in [5.41, 5.74) is 2.34. The molecule has 3 heterocycles. The van der Waals surface area contributed by atoms with Gasteiger partial charge in [-0.15, -0.1) is 11.3 Å². The van der Waals surface area contributed by atoms with Gasteiger partial charge in [0.1, 0.15) is 10.6 Å². The van der Waals surface area contributed by atoms with Crippen LogP contribution in [-0.2, 0) is 17.8 Å². The van der Waals surface area contributed by atoms with Gasteiger partial charge in [-0.3, -0.25) is 9.36 Å². The van der Waals surface area contributed by atoms with Crippen molar-refractivity contribution in [2.75, 3.05) is 13.7 Å². The lowest BCUT2D eigenvalue weighted by atomic mass is 10.1. The van der Waals surface area contributed by atoms with Crippen LogP contribution in [0.1, 0.15) is 5.69 Å². The first-order valence-corrected chi connectivity index (χ1v) is 9.26. The fourth-order valence-corrected chi connectivity index (χ4v) is 3.87. The number of hydrogen-bond acceptors (Lipinski definition) is 5. The highest BCUT2D eigenvalue weighted by molar-refractivity contribution is 7.17. The summed E-state index contributed by atoms with van der Waals surface area (Å²) in [5.74, 6) is -0.307. The lowest BCUT2D eigenvalue weighted by molar-refractivity contribution is 0.186. The number of imidazole rings is 1. The number of rotatable bonds is 6. The highest BCUT2D eigenvalue weighted by Crippen LogP contribution is 2.30. The van der Waals surface area contributed by atoms with E-state index in [4.69, 9.17) is 4.74 Å². The van der Waals surface area contributed by atoms with E-state index in [1.165, 1.54) is 23.5 Å². The number of halogens is 1. The first kappa shape index (κ1) is 17.6. The maximum atomic E-state index is 13.2. The lowest BCUT2D eigenvalue weighted by Crippen LogP contribution is -2.22. The van der Waals surface area contributed by atoms with Gasteiger partial charge in [0.05, 0.1) is 36.9 Å². The molecule has 0 spiro atoms. The van der Waals surface area contributed by atoms with Crippen LogP contribution in [0.2, 0.25) is 0 Å². The third kappa shape index (κ3) is 3.41. The minimum Gasteiger partial charge on any atom is -0.383 e. The molecule has 1 aromatic carbocycles. The lowest BCUT2D eigenvalue weighted by Gasteiger charge is -2.09. The Morgan fingerprint density at radius 2 is 2.00 bits per heavy atom. The number of aromatic nitrogens is 4. The predicted molar refractivity (Wildman–Crippen MR) is 102 cm³/mol. The van der Waals surface area contributed by atoms with Crippen LogP contribution in [0.25, 0.3) is 21.3 Å². The molecule has 4 aromatic rings. The molecule has 6 nitrogen and oxygen atoms in total. The second-order valence-electron chi connectivity index (χ2n) is 6.09. The van der Waals surface area contributed by atoms with E-state index < -0.39 is 0 Å². The normalized spacial score (nSPS) is 11.3. The van der Waals surface area contributed by atoms with Crippen LogP contribution >= 0.6 is 11.3 Å². The van der Waals surface area contributed by atoms with Gasteiger partial charge in [-0.05, 0) is 17.7 Å². The number of nitrogens with zero attached hydrogens (tertiary/aromatic N) is 4. The van der Waals surface area contributed by atoms with Crippen LogP contribution < -0.4 is 5.56 Å². The smallest absolute Gasteiger partial charge is 0.263 e. The summed E-state index contributed by atoms with van der Waals surface area (Å²) < 4.78 is 21.9. The van der Waals surface area contributed by atoms with Crippen molar-refractivity contribution in [3.05, 3.63) is 70.4 Å². The Balaban J connectivity index is 1.74. The van der Waals surface area contributed by atoms with Crippen LogP contribution in [-0.4, -0.2) is 32.8 Å². The molecule has 0 N–H and O–H groups in total. The first-order chi connectivity index (χ1) is 13.2. The molecule has 0 unspecified atom stereocenters. The van der Waals surface area contributed by atoms with Gasteiger partial charge < -0.3 is 9.30 Å². The molecule has 3 aromatic heterocycles. The summed E-state index contributed by atoms with van der Waals surface area (Å²) >= 11 is 1.41. The molecule has 0 saturated heterocycles. The fourth-order valence-electron chi connectivity index (χ4n) is 2.97. The fraction of sp³-hybridized carbons (Fsp3) is 0.211. The van der Waals surface area contributed by atoms with Crippen molar-refractivity contribution < 1.29 is 9.13 Å². The summed E-state index contributed by atoms with van der Waals surface area (Å²) in [5, 5.41) is 2.44. The van der Waals surface area contributed by atoms with Crippen molar-refractivity contribution in [2.24, 2.45) is 0 Å². The third-order valence-electron chi connectivity index (χ3n) is 4.38. The summed E-state index contributed by atoms with van der Waals surface area (Å²) in [4.78, 5) is 22.4. The number of methoxy groups -OCH3 is 1. The predicted octanol–water partition coefficient (Wildman–Crippen LogP) is 3.16. The summed E-state index contributed by atoms with van der Waals surface area (Å²) in [6.45, 7) is 1.59. The van der Waals surface area contributed by atoms with E-state index in [2.05, 4.69) is 9.97 Å². The van der Waals surface area contributed by atoms with Gasteiger partial charge in [0.15, 0.2) is 0 Å². The van der Waals surface area contributed by atoms with Crippen molar-refractivity contribution in [3.8, 4) is 11.1 Å². The largest absolute Gasteiger partial charge is 0.383 e. The van der Waals surface area contributed by atoms with Crippen molar-refractivity contribution in [1.82, 2.24) is 19.1 Å². The summed E-state index contributed by atoms with van der Waals surface area (Å²) in [6, 6.07) is 6.13. The van der Waals surface area contributed by atoms with Gasteiger partial charge in [0, 0.05) is 30.8 Å². The standard InChI is InChI=1S/C19H17FN4O2S/c1-26-7-6-23-11-21-8-15(23)9-24-12-22-18-17(19(24)25)16(10-27-18)13-2-4-14(20)5-3-13/h2-5,8,10-12H,6-7,9H2,1H3. The Morgan fingerprint density at radius 3 is 2.78 bits per heavy atom. The Bertz CT molecular complexity index is 1130. The van der Waals surface area contributed by atoms with E-state index >= 15 is 0 Å². The number of ether oxygens (including phenoxy) is 1. The average Bonchev–Trinajstić information content (AvgIpc) is 3.30. The minimum absolute atomic E-state index is 0.125.